The molecule has 2 saturated heterocycles. The minimum Gasteiger partial charge on any atom is -0.465 e. The molecule has 0 radical (unpaired) electrons. The number of anilines is 1. The van der Waals surface area contributed by atoms with Gasteiger partial charge in [-0.25, -0.2) is 9.18 Å². The van der Waals surface area contributed by atoms with Gasteiger partial charge in [-0.15, -0.1) is 0 Å². The van der Waals surface area contributed by atoms with Crippen molar-refractivity contribution in [1.82, 2.24) is 10.2 Å². The van der Waals surface area contributed by atoms with Gasteiger partial charge >= 0.3 is 6.09 Å². The minimum atomic E-state index is -1.13. The molecule has 1 aliphatic carbocycles. The van der Waals surface area contributed by atoms with Crippen molar-refractivity contribution in [3.63, 3.8) is 0 Å². The van der Waals surface area contributed by atoms with Crippen molar-refractivity contribution < 1.29 is 24.2 Å². The number of piperidine rings is 1. The highest BCUT2D eigenvalue weighted by molar-refractivity contribution is 5.86. The topological polar surface area (TPSA) is 93.1 Å². The number of hydrogen-bond donors (Lipinski definition) is 3. The van der Waals surface area contributed by atoms with E-state index in [-0.39, 0.29) is 29.8 Å². The van der Waals surface area contributed by atoms with Crippen molar-refractivity contribution >= 4 is 17.7 Å². The van der Waals surface area contributed by atoms with Crippen molar-refractivity contribution in [2.75, 3.05) is 24.5 Å². The summed E-state index contributed by atoms with van der Waals surface area (Å²) in [6, 6.07) is 4.66. The predicted octanol–water partition coefficient (Wildman–Crippen LogP) is 3.91. The van der Waals surface area contributed by atoms with Crippen molar-refractivity contribution in [2.45, 2.75) is 77.0 Å². The zero-order chi connectivity index (χ0) is 23.8. The number of nitrogens with one attached hydrogen (secondary N) is 1. The van der Waals surface area contributed by atoms with E-state index in [1.807, 2.05) is 23.6 Å². The number of carbonyl (C=O) groups excluding carboxylic acids is 1. The molecular formula is C25H36FN3O4. The molecular weight excluding hydrogens is 425 g/mol. The number of carbonyl (C=O) groups is 2. The lowest BCUT2D eigenvalue weighted by Crippen LogP contribution is -2.50. The number of aliphatic hydroxyl groups is 1. The van der Waals surface area contributed by atoms with Gasteiger partial charge in [0.25, 0.3) is 0 Å². The van der Waals surface area contributed by atoms with Crippen LogP contribution in [0.25, 0.3) is 0 Å². The molecule has 1 spiro atoms. The van der Waals surface area contributed by atoms with Crippen LogP contribution in [0.3, 0.4) is 0 Å². The number of benzene rings is 1. The number of carboxylic acid groups (broad SMARTS) is 1. The Morgan fingerprint density at radius 2 is 1.91 bits per heavy atom. The zero-order valence-electron chi connectivity index (χ0n) is 19.6. The summed E-state index contributed by atoms with van der Waals surface area (Å²) >= 11 is 0. The first-order valence-electron chi connectivity index (χ1n) is 12.2. The second-order valence-corrected chi connectivity index (χ2v) is 10.4. The highest BCUT2D eigenvalue weighted by Gasteiger charge is 2.50. The minimum absolute atomic E-state index is 0.0207. The summed E-state index contributed by atoms with van der Waals surface area (Å²) in [4.78, 5) is 28.7. The molecule has 0 aromatic heterocycles. The maximum absolute atomic E-state index is 15.2. The molecule has 33 heavy (non-hydrogen) atoms. The maximum atomic E-state index is 15.2. The number of likely N-dealkylation sites (tertiary alicyclic amines) is 1. The number of rotatable bonds is 5. The third-order valence-corrected chi connectivity index (χ3v) is 7.85. The fourth-order valence-corrected chi connectivity index (χ4v) is 6.02. The van der Waals surface area contributed by atoms with Gasteiger partial charge in [-0.2, -0.15) is 0 Å². The Hall–Kier alpha value is -2.35. The Morgan fingerprint density at radius 1 is 1.18 bits per heavy atom. The van der Waals surface area contributed by atoms with Crippen LogP contribution in [0.5, 0.6) is 0 Å². The fourth-order valence-electron chi connectivity index (χ4n) is 6.02. The van der Waals surface area contributed by atoms with Gasteiger partial charge in [-0.3, -0.25) is 4.79 Å². The van der Waals surface area contributed by atoms with Crippen LogP contribution in [-0.4, -0.2) is 58.9 Å². The first-order valence-corrected chi connectivity index (χ1v) is 12.2. The van der Waals surface area contributed by atoms with Crippen molar-refractivity contribution in [1.29, 1.82) is 0 Å². The molecule has 1 aromatic rings. The molecule has 3 fully saturated rings. The second kappa shape index (κ2) is 9.49. The lowest BCUT2D eigenvalue weighted by molar-refractivity contribution is -0.139. The SMILES string of the molecule is CC(C)C(NC(=O)O)c1ccc(N2CCCC3(CCN(C4CCC(O)CC4)C3=O)C2)c(F)c1. The van der Waals surface area contributed by atoms with E-state index in [9.17, 15) is 14.7 Å². The van der Waals surface area contributed by atoms with Crippen LogP contribution in [0, 0.1) is 17.2 Å². The second-order valence-electron chi connectivity index (χ2n) is 10.4. The molecule has 3 aliphatic rings. The average molecular weight is 462 g/mol. The normalized spacial score (nSPS) is 29.1. The van der Waals surface area contributed by atoms with E-state index < -0.39 is 17.6 Å². The highest BCUT2D eigenvalue weighted by atomic mass is 19.1. The van der Waals surface area contributed by atoms with Gasteiger partial charge in [0.2, 0.25) is 5.91 Å². The van der Waals surface area contributed by atoms with E-state index in [0.29, 0.717) is 24.3 Å². The van der Waals surface area contributed by atoms with E-state index >= 15 is 4.39 Å². The molecule has 2 unspecified atom stereocenters. The van der Waals surface area contributed by atoms with Gasteiger partial charge in [0.1, 0.15) is 5.82 Å². The maximum Gasteiger partial charge on any atom is 0.405 e. The molecule has 8 heteroatoms. The summed E-state index contributed by atoms with van der Waals surface area (Å²) in [5.41, 5.74) is 0.607. The van der Waals surface area contributed by atoms with Gasteiger partial charge in [0.15, 0.2) is 0 Å². The largest absolute Gasteiger partial charge is 0.465 e. The third kappa shape index (κ3) is 4.81. The van der Waals surface area contributed by atoms with E-state index in [1.165, 1.54) is 6.07 Å². The molecule has 4 rings (SSSR count). The molecule has 2 amide bonds. The molecule has 0 bridgehead atoms. The van der Waals surface area contributed by atoms with Crippen LogP contribution < -0.4 is 10.2 Å². The van der Waals surface area contributed by atoms with Gasteiger partial charge in [0, 0.05) is 25.7 Å². The van der Waals surface area contributed by atoms with E-state index in [2.05, 4.69) is 5.32 Å². The summed E-state index contributed by atoms with van der Waals surface area (Å²) < 4.78 is 15.2. The Balaban J connectivity index is 1.49. The van der Waals surface area contributed by atoms with Gasteiger partial charge in [0.05, 0.1) is 23.2 Å². The van der Waals surface area contributed by atoms with Crippen LogP contribution in [0.4, 0.5) is 14.9 Å². The standard InChI is InChI=1S/C25H36FN3O4/c1-16(2)22(27-24(32)33)17-4-9-21(20(26)14-17)28-12-3-10-25(15-28)11-13-29(23(25)31)18-5-7-19(30)8-6-18/h4,9,14,16,18-19,22,27,30H,3,5-8,10-13,15H2,1-2H3,(H,32,33). The predicted molar refractivity (Wildman–Crippen MR) is 124 cm³/mol. The van der Waals surface area contributed by atoms with Crippen molar-refractivity contribution in [2.24, 2.45) is 11.3 Å². The lowest BCUT2D eigenvalue weighted by Gasteiger charge is -2.41. The van der Waals surface area contributed by atoms with E-state index in [1.54, 1.807) is 12.1 Å². The number of hydrogen-bond acceptors (Lipinski definition) is 4. The van der Waals surface area contributed by atoms with Crippen molar-refractivity contribution in [3.05, 3.63) is 29.6 Å². The van der Waals surface area contributed by atoms with Gasteiger partial charge < -0.3 is 25.3 Å². The average Bonchev–Trinajstić information content (AvgIpc) is 3.07. The summed E-state index contributed by atoms with van der Waals surface area (Å²) in [6.45, 7) is 5.74. The Morgan fingerprint density at radius 3 is 2.55 bits per heavy atom. The fraction of sp³-hybridized carbons (Fsp3) is 0.680. The first kappa shape index (κ1) is 23.8. The molecule has 1 aromatic carbocycles. The first-order chi connectivity index (χ1) is 15.7. The number of amides is 2. The Labute approximate surface area is 194 Å². The van der Waals surface area contributed by atoms with Crippen LogP contribution in [0.2, 0.25) is 0 Å². The summed E-state index contributed by atoms with van der Waals surface area (Å²) in [7, 11) is 0. The number of aliphatic hydroxyl groups excluding tert-OH is 1. The Bertz CT molecular complexity index is 886. The van der Waals surface area contributed by atoms with Crippen LogP contribution >= 0.6 is 0 Å². The smallest absolute Gasteiger partial charge is 0.405 e. The zero-order valence-corrected chi connectivity index (χ0v) is 19.6. The number of nitrogens with zero attached hydrogens (tertiary/aromatic N) is 2. The summed E-state index contributed by atoms with van der Waals surface area (Å²) in [6.07, 6.45) is 4.27. The highest BCUT2D eigenvalue weighted by Crippen LogP contribution is 2.44. The number of halogens is 1. The van der Waals surface area contributed by atoms with Gasteiger partial charge in [-0.05, 0) is 68.6 Å². The van der Waals surface area contributed by atoms with E-state index in [4.69, 9.17) is 5.11 Å². The Kier molecular flexibility index (Phi) is 6.84. The molecule has 2 heterocycles. The van der Waals surface area contributed by atoms with Crippen LogP contribution in [0.1, 0.15) is 70.4 Å². The summed E-state index contributed by atoms with van der Waals surface area (Å²) in [5.74, 6) is -0.213. The van der Waals surface area contributed by atoms with E-state index in [0.717, 1.165) is 51.5 Å². The molecule has 182 valence electrons. The molecule has 7 nitrogen and oxygen atoms in total. The molecule has 2 aliphatic heterocycles. The molecule has 3 N–H and O–H groups in total. The quantitative estimate of drug-likeness (QED) is 0.618. The monoisotopic (exact) mass is 461 g/mol. The van der Waals surface area contributed by atoms with Gasteiger partial charge in [-0.1, -0.05) is 19.9 Å². The lowest BCUT2D eigenvalue weighted by atomic mass is 9.78. The molecule has 1 saturated carbocycles. The third-order valence-electron chi connectivity index (χ3n) is 7.85. The van der Waals surface area contributed by atoms with Crippen molar-refractivity contribution in [3.8, 4) is 0 Å². The molecule has 2 atom stereocenters. The van der Waals surface area contributed by atoms with Crippen LogP contribution in [0.15, 0.2) is 18.2 Å². The van der Waals surface area contributed by atoms with Crippen LogP contribution in [-0.2, 0) is 4.79 Å². The summed E-state index contributed by atoms with van der Waals surface area (Å²) in [5, 5.41) is 21.4.